The Morgan fingerprint density at radius 2 is 1.90 bits per heavy atom. The summed E-state index contributed by atoms with van der Waals surface area (Å²) in [6.45, 7) is 6.15. The monoisotopic (exact) mass is 284 g/mol. The van der Waals surface area contributed by atoms with Gasteiger partial charge >= 0.3 is 5.97 Å². The van der Waals surface area contributed by atoms with Crippen molar-refractivity contribution < 1.29 is 14.3 Å². The molecule has 1 aliphatic heterocycles. The number of rotatable bonds is 6. The van der Waals surface area contributed by atoms with Crippen LogP contribution in [0.4, 0.5) is 0 Å². The third kappa shape index (κ3) is 5.12. The zero-order valence-electron chi connectivity index (χ0n) is 12.9. The quantitative estimate of drug-likeness (QED) is 0.748. The third-order valence-corrected chi connectivity index (χ3v) is 3.98. The number of likely N-dealkylation sites (tertiary alicyclic amines) is 1. The van der Waals surface area contributed by atoms with Gasteiger partial charge < -0.3 is 15.4 Å². The van der Waals surface area contributed by atoms with Gasteiger partial charge in [-0.1, -0.05) is 13.8 Å². The molecule has 1 atom stereocenters. The van der Waals surface area contributed by atoms with E-state index in [1.165, 1.54) is 7.11 Å². The van der Waals surface area contributed by atoms with Gasteiger partial charge in [-0.3, -0.25) is 9.59 Å². The zero-order valence-corrected chi connectivity index (χ0v) is 12.9. The number of nitrogens with two attached hydrogens (primary N) is 1. The SMILES string of the molecule is COC(=O)C1CCN(C(=O)C[C@@H](CN)CC(C)C)CC1. The second kappa shape index (κ2) is 8.25. The highest BCUT2D eigenvalue weighted by molar-refractivity contribution is 5.77. The second-order valence-corrected chi connectivity index (χ2v) is 6.11. The molecule has 20 heavy (non-hydrogen) atoms. The lowest BCUT2D eigenvalue weighted by molar-refractivity contribution is -0.149. The van der Waals surface area contributed by atoms with Crippen molar-refractivity contribution in [3.63, 3.8) is 0 Å². The van der Waals surface area contributed by atoms with Crippen LogP contribution < -0.4 is 5.73 Å². The first-order chi connectivity index (χ1) is 9.47. The number of esters is 1. The summed E-state index contributed by atoms with van der Waals surface area (Å²) in [5.41, 5.74) is 5.75. The number of carbonyl (C=O) groups is 2. The van der Waals surface area contributed by atoms with E-state index in [9.17, 15) is 9.59 Å². The van der Waals surface area contributed by atoms with Gasteiger partial charge in [0.1, 0.15) is 0 Å². The van der Waals surface area contributed by atoms with Crippen LogP contribution in [0.15, 0.2) is 0 Å². The highest BCUT2D eigenvalue weighted by Gasteiger charge is 2.28. The first-order valence-electron chi connectivity index (χ1n) is 7.53. The van der Waals surface area contributed by atoms with E-state index >= 15 is 0 Å². The molecular weight excluding hydrogens is 256 g/mol. The number of hydrogen-bond donors (Lipinski definition) is 1. The Labute approximate surface area is 121 Å². The fourth-order valence-corrected chi connectivity index (χ4v) is 2.84. The van der Waals surface area contributed by atoms with E-state index in [0.717, 1.165) is 6.42 Å². The number of piperidine rings is 1. The molecule has 0 spiro atoms. The fraction of sp³-hybridized carbons (Fsp3) is 0.867. The van der Waals surface area contributed by atoms with Crippen molar-refractivity contribution >= 4 is 11.9 Å². The summed E-state index contributed by atoms with van der Waals surface area (Å²) >= 11 is 0. The molecule has 1 aliphatic rings. The lowest BCUT2D eigenvalue weighted by Gasteiger charge is -2.31. The van der Waals surface area contributed by atoms with Crippen LogP contribution in [0.1, 0.15) is 39.5 Å². The van der Waals surface area contributed by atoms with Crippen LogP contribution >= 0.6 is 0 Å². The molecule has 0 saturated carbocycles. The molecule has 5 nitrogen and oxygen atoms in total. The van der Waals surface area contributed by atoms with Gasteiger partial charge in [-0.15, -0.1) is 0 Å². The number of amides is 1. The Morgan fingerprint density at radius 3 is 2.35 bits per heavy atom. The molecule has 0 aromatic heterocycles. The highest BCUT2D eigenvalue weighted by Crippen LogP contribution is 2.21. The summed E-state index contributed by atoms with van der Waals surface area (Å²) in [6, 6.07) is 0. The van der Waals surface area contributed by atoms with Crippen LogP contribution in [0.3, 0.4) is 0 Å². The van der Waals surface area contributed by atoms with Crippen LogP contribution in [-0.4, -0.2) is 43.5 Å². The summed E-state index contributed by atoms with van der Waals surface area (Å²) in [5, 5.41) is 0. The van der Waals surface area contributed by atoms with Gasteiger partial charge in [0, 0.05) is 19.5 Å². The van der Waals surface area contributed by atoms with Gasteiger partial charge in [-0.25, -0.2) is 0 Å². The first kappa shape index (κ1) is 17.0. The average molecular weight is 284 g/mol. The zero-order chi connectivity index (χ0) is 15.1. The van der Waals surface area contributed by atoms with E-state index in [4.69, 9.17) is 10.5 Å². The van der Waals surface area contributed by atoms with E-state index < -0.39 is 0 Å². The van der Waals surface area contributed by atoms with Gasteiger partial charge in [0.2, 0.25) is 5.91 Å². The molecule has 0 bridgehead atoms. The van der Waals surface area contributed by atoms with Crippen molar-refractivity contribution in [2.24, 2.45) is 23.5 Å². The normalized spacial score (nSPS) is 18.1. The lowest BCUT2D eigenvalue weighted by atomic mass is 9.92. The minimum atomic E-state index is -0.156. The van der Waals surface area contributed by atoms with E-state index in [0.29, 0.717) is 44.8 Å². The van der Waals surface area contributed by atoms with Crippen LogP contribution in [0.25, 0.3) is 0 Å². The Bertz CT molecular complexity index is 323. The highest BCUT2D eigenvalue weighted by atomic mass is 16.5. The predicted molar refractivity (Wildman–Crippen MR) is 77.9 cm³/mol. The van der Waals surface area contributed by atoms with Gasteiger partial charge in [0.25, 0.3) is 0 Å². The molecule has 1 fully saturated rings. The molecular formula is C15H28N2O3. The number of nitrogens with zero attached hydrogens (tertiary/aromatic N) is 1. The second-order valence-electron chi connectivity index (χ2n) is 6.11. The molecule has 0 radical (unpaired) electrons. The molecule has 1 saturated heterocycles. The predicted octanol–water partition coefficient (Wildman–Crippen LogP) is 1.41. The van der Waals surface area contributed by atoms with Crippen LogP contribution in [0.5, 0.6) is 0 Å². The van der Waals surface area contributed by atoms with E-state index in [1.54, 1.807) is 0 Å². The summed E-state index contributed by atoms with van der Waals surface area (Å²) in [5.74, 6) is 0.786. The fourth-order valence-electron chi connectivity index (χ4n) is 2.84. The number of carbonyl (C=O) groups excluding carboxylic acids is 2. The largest absolute Gasteiger partial charge is 0.469 e. The van der Waals surface area contributed by atoms with Crippen molar-refractivity contribution in [1.29, 1.82) is 0 Å². The molecule has 2 N–H and O–H groups in total. The third-order valence-electron chi connectivity index (χ3n) is 3.98. The molecule has 1 heterocycles. The molecule has 0 aromatic rings. The van der Waals surface area contributed by atoms with Crippen molar-refractivity contribution in [3.05, 3.63) is 0 Å². The van der Waals surface area contributed by atoms with Gasteiger partial charge in [-0.2, -0.15) is 0 Å². The van der Waals surface area contributed by atoms with Crippen molar-refractivity contribution in [3.8, 4) is 0 Å². The summed E-state index contributed by atoms with van der Waals surface area (Å²) in [4.78, 5) is 25.6. The smallest absolute Gasteiger partial charge is 0.308 e. The minimum absolute atomic E-state index is 0.0509. The Hall–Kier alpha value is -1.10. The van der Waals surface area contributed by atoms with E-state index in [-0.39, 0.29) is 23.7 Å². The molecule has 1 amide bonds. The van der Waals surface area contributed by atoms with Crippen molar-refractivity contribution in [2.45, 2.75) is 39.5 Å². The molecule has 5 heteroatoms. The van der Waals surface area contributed by atoms with Crippen molar-refractivity contribution in [2.75, 3.05) is 26.7 Å². The topological polar surface area (TPSA) is 72.6 Å². The summed E-state index contributed by atoms with van der Waals surface area (Å²) < 4.78 is 4.75. The number of ether oxygens (including phenoxy) is 1. The average Bonchev–Trinajstić information content (AvgIpc) is 2.45. The Kier molecular flexibility index (Phi) is 6.99. The Balaban J connectivity index is 2.40. The maximum atomic E-state index is 12.2. The standard InChI is InChI=1S/C15H28N2O3/c1-11(2)8-12(10-16)9-14(18)17-6-4-13(5-7-17)15(19)20-3/h11-13H,4-10,16H2,1-3H3/t12-/m0/s1. The summed E-state index contributed by atoms with van der Waals surface area (Å²) in [6.07, 6.45) is 2.92. The van der Waals surface area contributed by atoms with Crippen LogP contribution in [-0.2, 0) is 14.3 Å². The molecule has 0 aromatic carbocycles. The molecule has 0 aliphatic carbocycles. The number of methoxy groups -OCH3 is 1. The summed E-state index contributed by atoms with van der Waals surface area (Å²) in [7, 11) is 1.41. The van der Waals surface area contributed by atoms with Crippen LogP contribution in [0, 0.1) is 17.8 Å². The maximum absolute atomic E-state index is 12.2. The maximum Gasteiger partial charge on any atom is 0.308 e. The minimum Gasteiger partial charge on any atom is -0.469 e. The van der Waals surface area contributed by atoms with Crippen molar-refractivity contribution in [1.82, 2.24) is 4.90 Å². The Morgan fingerprint density at radius 1 is 1.30 bits per heavy atom. The molecule has 0 unspecified atom stereocenters. The number of hydrogen-bond acceptors (Lipinski definition) is 4. The van der Waals surface area contributed by atoms with Crippen LogP contribution in [0.2, 0.25) is 0 Å². The molecule has 116 valence electrons. The lowest BCUT2D eigenvalue weighted by Crippen LogP contribution is -2.41. The first-order valence-corrected chi connectivity index (χ1v) is 7.53. The van der Waals surface area contributed by atoms with E-state index in [2.05, 4.69) is 13.8 Å². The van der Waals surface area contributed by atoms with Gasteiger partial charge in [0.15, 0.2) is 0 Å². The molecule has 1 rings (SSSR count). The van der Waals surface area contributed by atoms with Gasteiger partial charge in [-0.05, 0) is 37.6 Å². The van der Waals surface area contributed by atoms with E-state index in [1.807, 2.05) is 4.90 Å². The van der Waals surface area contributed by atoms with Gasteiger partial charge in [0.05, 0.1) is 13.0 Å².